The van der Waals surface area contributed by atoms with Crippen LogP contribution in [0.4, 0.5) is 11.4 Å². The van der Waals surface area contributed by atoms with Gasteiger partial charge in [0.2, 0.25) is 5.91 Å². The Balaban J connectivity index is 2.30. The summed E-state index contributed by atoms with van der Waals surface area (Å²) in [6, 6.07) is 10.2. The lowest BCUT2D eigenvalue weighted by Crippen LogP contribution is -2.23. The van der Waals surface area contributed by atoms with Crippen LogP contribution in [0.1, 0.15) is 15.9 Å². The number of hydrogen-bond acceptors (Lipinski definition) is 5. The van der Waals surface area contributed by atoms with E-state index in [2.05, 4.69) is 10.6 Å². The average molecular weight is 343 g/mol. The summed E-state index contributed by atoms with van der Waals surface area (Å²) in [5, 5.41) is 5.46. The molecule has 2 amide bonds. The monoisotopic (exact) mass is 343 g/mol. The number of carbonyl (C=O) groups excluding carboxylic acids is 2. The van der Waals surface area contributed by atoms with Gasteiger partial charge in [-0.3, -0.25) is 9.59 Å². The highest BCUT2D eigenvalue weighted by Crippen LogP contribution is 2.26. The van der Waals surface area contributed by atoms with E-state index in [0.717, 1.165) is 5.56 Å². The van der Waals surface area contributed by atoms with Gasteiger partial charge in [-0.25, -0.2) is 0 Å². The lowest BCUT2D eigenvalue weighted by atomic mass is 10.1. The van der Waals surface area contributed by atoms with Crippen LogP contribution in [-0.4, -0.2) is 32.6 Å². The first-order valence-corrected chi connectivity index (χ1v) is 7.61. The summed E-state index contributed by atoms with van der Waals surface area (Å²) in [6.45, 7) is 1.74. The normalized spacial score (nSPS) is 10.1. The molecule has 2 aromatic rings. The average Bonchev–Trinajstić information content (AvgIpc) is 2.63. The van der Waals surface area contributed by atoms with Crippen LogP contribution < -0.4 is 25.8 Å². The van der Waals surface area contributed by atoms with Crippen molar-refractivity contribution in [3.8, 4) is 11.5 Å². The maximum absolute atomic E-state index is 12.6. The third-order valence-electron chi connectivity index (χ3n) is 3.50. The predicted molar refractivity (Wildman–Crippen MR) is 96.4 cm³/mol. The minimum Gasteiger partial charge on any atom is -0.497 e. The molecule has 0 aromatic heterocycles. The van der Waals surface area contributed by atoms with E-state index in [4.69, 9.17) is 15.2 Å². The lowest BCUT2D eigenvalue weighted by molar-refractivity contribution is -0.114. The number of nitrogens with two attached hydrogens (primary N) is 1. The number of aryl methyl sites for hydroxylation is 1. The molecule has 0 heterocycles. The third-order valence-corrected chi connectivity index (χ3v) is 3.50. The summed E-state index contributed by atoms with van der Waals surface area (Å²) in [5.74, 6) is 0.309. The number of ether oxygens (including phenoxy) is 2. The van der Waals surface area contributed by atoms with Gasteiger partial charge in [0, 0.05) is 11.6 Å². The highest BCUT2D eigenvalue weighted by molar-refractivity contribution is 6.07. The number of carbonyl (C=O) groups is 2. The topological polar surface area (TPSA) is 103 Å². The van der Waals surface area contributed by atoms with Gasteiger partial charge in [-0.05, 0) is 36.8 Å². The molecule has 0 bridgehead atoms. The molecule has 0 saturated heterocycles. The van der Waals surface area contributed by atoms with Gasteiger partial charge in [0.15, 0.2) is 0 Å². The Bertz CT molecular complexity index is 768. The largest absolute Gasteiger partial charge is 0.497 e. The first kappa shape index (κ1) is 18.3. The van der Waals surface area contributed by atoms with E-state index in [9.17, 15) is 9.59 Å². The highest BCUT2D eigenvalue weighted by atomic mass is 16.5. The Morgan fingerprint density at radius 1 is 0.960 bits per heavy atom. The van der Waals surface area contributed by atoms with E-state index in [1.54, 1.807) is 30.3 Å². The molecule has 0 spiro atoms. The van der Waals surface area contributed by atoms with Crippen LogP contribution in [0.25, 0.3) is 0 Å². The third kappa shape index (κ3) is 4.71. The molecule has 0 radical (unpaired) electrons. The van der Waals surface area contributed by atoms with Crippen molar-refractivity contribution in [1.82, 2.24) is 0 Å². The first-order chi connectivity index (χ1) is 12.0. The van der Waals surface area contributed by atoms with Gasteiger partial charge in [0.25, 0.3) is 5.91 Å². The Morgan fingerprint density at radius 3 is 2.16 bits per heavy atom. The highest BCUT2D eigenvalue weighted by Gasteiger charge is 2.13. The van der Waals surface area contributed by atoms with Crippen LogP contribution >= 0.6 is 0 Å². The molecule has 2 rings (SSSR count). The maximum Gasteiger partial charge on any atom is 0.255 e. The van der Waals surface area contributed by atoms with E-state index >= 15 is 0 Å². The van der Waals surface area contributed by atoms with Gasteiger partial charge >= 0.3 is 0 Å². The van der Waals surface area contributed by atoms with E-state index in [0.29, 0.717) is 28.4 Å². The standard InChI is InChI=1S/C18H21N3O4/c1-11-4-5-15(16(6-11)20-17(22)10-19)21-18(23)12-7-13(24-2)9-14(8-12)25-3/h4-9H,10,19H2,1-3H3,(H,20,22)(H,21,23). The number of benzene rings is 2. The summed E-state index contributed by atoms with van der Waals surface area (Å²) >= 11 is 0. The first-order valence-electron chi connectivity index (χ1n) is 7.61. The van der Waals surface area contributed by atoms with Gasteiger partial charge in [0.05, 0.1) is 32.1 Å². The number of anilines is 2. The molecule has 7 heteroatoms. The van der Waals surface area contributed by atoms with Gasteiger partial charge in [-0.1, -0.05) is 6.07 Å². The molecule has 0 aliphatic heterocycles. The molecule has 25 heavy (non-hydrogen) atoms. The van der Waals surface area contributed by atoms with Crippen molar-refractivity contribution < 1.29 is 19.1 Å². The zero-order chi connectivity index (χ0) is 18.4. The quantitative estimate of drug-likeness (QED) is 0.746. The molecular formula is C18H21N3O4. The smallest absolute Gasteiger partial charge is 0.255 e. The molecule has 132 valence electrons. The van der Waals surface area contributed by atoms with Crippen molar-refractivity contribution in [1.29, 1.82) is 0 Å². The minimum atomic E-state index is -0.357. The molecule has 0 aliphatic rings. The summed E-state index contributed by atoms with van der Waals surface area (Å²) < 4.78 is 10.3. The molecule has 0 saturated carbocycles. The fourth-order valence-corrected chi connectivity index (χ4v) is 2.20. The lowest BCUT2D eigenvalue weighted by Gasteiger charge is -2.14. The van der Waals surface area contributed by atoms with Crippen molar-refractivity contribution in [2.75, 3.05) is 31.4 Å². The fraction of sp³-hybridized carbons (Fsp3) is 0.222. The van der Waals surface area contributed by atoms with Crippen molar-refractivity contribution in [2.45, 2.75) is 6.92 Å². The van der Waals surface area contributed by atoms with E-state index in [-0.39, 0.29) is 18.4 Å². The summed E-state index contributed by atoms with van der Waals surface area (Å²) in [7, 11) is 3.02. The molecule has 0 aliphatic carbocycles. The second-order valence-corrected chi connectivity index (χ2v) is 5.36. The van der Waals surface area contributed by atoms with Gasteiger partial charge in [-0.2, -0.15) is 0 Å². The SMILES string of the molecule is COc1cc(OC)cc(C(=O)Nc2ccc(C)cc2NC(=O)CN)c1. The molecule has 0 atom stereocenters. The maximum atomic E-state index is 12.6. The molecule has 0 unspecified atom stereocenters. The van der Waals surface area contributed by atoms with Gasteiger partial charge < -0.3 is 25.8 Å². The number of methoxy groups -OCH3 is 2. The molecule has 4 N–H and O–H groups in total. The van der Waals surface area contributed by atoms with Crippen molar-refractivity contribution >= 4 is 23.2 Å². The van der Waals surface area contributed by atoms with Crippen molar-refractivity contribution in [3.63, 3.8) is 0 Å². The Labute approximate surface area is 146 Å². The number of hydrogen-bond donors (Lipinski definition) is 3. The summed E-state index contributed by atoms with van der Waals surface area (Å²) in [4.78, 5) is 24.2. The summed E-state index contributed by atoms with van der Waals surface area (Å²) in [6.07, 6.45) is 0. The van der Waals surface area contributed by atoms with Crippen LogP contribution in [0.2, 0.25) is 0 Å². The number of amides is 2. The van der Waals surface area contributed by atoms with Gasteiger partial charge in [0.1, 0.15) is 11.5 Å². The number of nitrogens with one attached hydrogen (secondary N) is 2. The Morgan fingerprint density at radius 2 is 1.60 bits per heavy atom. The van der Waals surface area contributed by atoms with Crippen LogP contribution in [0, 0.1) is 6.92 Å². The van der Waals surface area contributed by atoms with Crippen molar-refractivity contribution in [2.24, 2.45) is 5.73 Å². The molecule has 2 aromatic carbocycles. The zero-order valence-electron chi connectivity index (χ0n) is 14.4. The van der Waals surface area contributed by atoms with E-state index < -0.39 is 0 Å². The van der Waals surface area contributed by atoms with Crippen molar-refractivity contribution in [3.05, 3.63) is 47.5 Å². The minimum absolute atomic E-state index is 0.144. The predicted octanol–water partition coefficient (Wildman–Crippen LogP) is 2.16. The Hall–Kier alpha value is -3.06. The zero-order valence-corrected chi connectivity index (χ0v) is 14.4. The number of rotatable bonds is 6. The molecule has 7 nitrogen and oxygen atoms in total. The molecular weight excluding hydrogens is 322 g/mol. The summed E-state index contributed by atoms with van der Waals surface area (Å²) in [5.41, 5.74) is 7.60. The van der Waals surface area contributed by atoms with Crippen LogP contribution in [0.15, 0.2) is 36.4 Å². The second-order valence-electron chi connectivity index (χ2n) is 5.36. The fourth-order valence-electron chi connectivity index (χ4n) is 2.20. The van der Waals surface area contributed by atoms with Gasteiger partial charge in [-0.15, -0.1) is 0 Å². The van der Waals surface area contributed by atoms with Crippen LogP contribution in [0.3, 0.4) is 0 Å². The van der Waals surface area contributed by atoms with Crippen LogP contribution in [0.5, 0.6) is 11.5 Å². The van der Waals surface area contributed by atoms with E-state index in [1.165, 1.54) is 14.2 Å². The molecule has 0 fully saturated rings. The second kappa shape index (κ2) is 8.16. The van der Waals surface area contributed by atoms with E-state index in [1.807, 2.05) is 13.0 Å². The Kier molecular flexibility index (Phi) is 5.97. The van der Waals surface area contributed by atoms with Crippen LogP contribution in [-0.2, 0) is 4.79 Å².